The average molecular weight is 340 g/mol. The van der Waals surface area contributed by atoms with Gasteiger partial charge in [0.2, 0.25) is 0 Å². The van der Waals surface area contributed by atoms with Gasteiger partial charge in [-0.2, -0.15) is 0 Å². The van der Waals surface area contributed by atoms with Crippen LogP contribution in [0.15, 0.2) is 30.6 Å². The van der Waals surface area contributed by atoms with Crippen LogP contribution >= 0.6 is 0 Å². The highest BCUT2D eigenvalue weighted by molar-refractivity contribution is 6.06. The van der Waals surface area contributed by atoms with E-state index in [0.29, 0.717) is 0 Å². The predicted octanol–water partition coefficient (Wildman–Crippen LogP) is 2.14. The predicted molar refractivity (Wildman–Crippen MR) is 105 cm³/mol. The summed E-state index contributed by atoms with van der Waals surface area (Å²) in [5, 5.41) is 1.17. The van der Waals surface area contributed by atoms with Gasteiger partial charge in [-0.3, -0.25) is 0 Å². The van der Waals surface area contributed by atoms with Gasteiger partial charge in [0.25, 0.3) is 0 Å². The molecule has 3 rings (SSSR count). The first-order chi connectivity index (χ1) is 12.0. The second kappa shape index (κ2) is 7.37. The molecule has 0 radical (unpaired) electrons. The number of para-hydroxylation sites is 1. The Morgan fingerprint density at radius 2 is 1.64 bits per heavy atom. The summed E-state index contributed by atoms with van der Waals surface area (Å²) in [6.45, 7) is 3.79. The summed E-state index contributed by atoms with van der Waals surface area (Å²) in [4.78, 5) is 16.2. The lowest BCUT2D eigenvalue weighted by Gasteiger charge is -2.21. The van der Waals surface area contributed by atoms with E-state index in [1.165, 1.54) is 10.9 Å². The number of fused-ring (bicyclic) bond motifs is 3. The first kappa shape index (κ1) is 17.6. The van der Waals surface area contributed by atoms with Crippen LogP contribution in [0.4, 0.5) is 5.82 Å². The molecule has 0 atom stereocenters. The lowest BCUT2D eigenvalue weighted by atomic mass is 10.2. The Hall–Kier alpha value is -2.18. The van der Waals surface area contributed by atoms with Crippen LogP contribution in [0.1, 0.15) is 0 Å². The molecule has 25 heavy (non-hydrogen) atoms. The van der Waals surface area contributed by atoms with Crippen LogP contribution in [-0.4, -0.2) is 79.2 Å². The summed E-state index contributed by atoms with van der Waals surface area (Å²) in [6.07, 6.45) is 1.95. The highest BCUT2D eigenvalue weighted by Gasteiger charge is 2.16. The van der Waals surface area contributed by atoms with Gasteiger partial charge in [-0.1, -0.05) is 18.2 Å². The zero-order valence-electron chi connectivity index (χ0n) is 15.9. The monoisotopic (exact) mass is 340 g/mol. The van der Waals surface area contributed by atoms with Crippen molar-refractivity contribution < 1.29 is 0 Å². The fourth-order valence-electron chi connectivity index (χ4n) is 2.97. The Morgan fingerprint density at radius 3 is 2.36 bits per heavy atom. The Labute approximate surface area is 149 Å². The Morgan fingerprint density at radius 1 is 0.920 bits per heavy atom. The van der Waals surface area contributed by atoms with Crippen molar-refractivity contribution in [2.24, 2.45) is 0 Å². The van der Waals surface area contributed by atoms with Crippen LogP contribution in [0.25, 0.3) is 21.9 Å². The number of rotatable bonds is 7. The van der Waals surface area contributed by atoms with Gasteiger partial charge in [0.1, 0.15) is 5.52 Å². The largest absolute Gasteiger partial charge is 0.357 e. The number of aromatic nitrogens is 3. The normalized spacial score (nSPS) is 12.0. The van der Waals surface area contributed by atoms with E-state index in [-0.39, 0.29) is 0 Å². The van der Waals surface area contributed by atoms with Crippen LogP contribution in [0, 0.1) is 0 Å². The van der Waals surface area contributed by atoms with Gasteiger partial charge in [-0.05, 0) is 34.3 Å². The summed E-state index contributed by atoms with van der Waals surface area (Å²) >= 11 is 0. The molecule has 2 aromatic heterocycles. The molecule has 6 nitrogen and oxygen atoms in total. The molecule has 0 bridgehead atoms. The maximum Gasteiger partial charge on any atom is 0.157 e. The van der Waals surface area contributed by atoms with E-state index in [1.54, 1.807) is 0 Å². The molecule has 2 heterocycles. The molecule has 0 N–H and O–H groups in total. The molecule has 6 heteroatoms. The van der Waals surface area contributed by atoms with Crippen molar-refractivity contribution in [3.63, 3.8) is 0 Å². The van der Waals surface area contributed by atoms with Crippen molar-refractivity contribution in [3.8, 4) is 0 Å². The minimum atomic E-state index is 0.915. The molecule has 0 amide bonds. The van der Waals surface area contributed by atoms with Crippen LogP contribution < -0.4 is 4.90 Å². The lowest BCUT2D eigenvalue weighted by molar-refractivity contribution is 0.386. The third kappa shape index (κ3) is 3.75. The van der Waals surface area contributed by atoms with E-state index in [0.717, 1.165) is 43.0 Å². The Bertz CT molecular complexity index is 852. The van der Waals surface area contributed by atoms with E-state index >= 15 is 0 Å². The third-order valence-electron chi connectivity index (χ3n) is 4.47. The molecule has 0 fully saturated rings. The van der Waals surface area contributed by atoms with Gasteiger partial charge in [0, 0.05) is 38.6 Å². The van der Waals surface area contributed by atoms with Gasteiger partial charge in [-0.25, -0.2) is 9.97 Å². The summed E-state index contributed by atoms with van der Waals surface area (Å²) in [6, 6.07) is 8.34. The standard InChI is InChI=1S/C19H28N6/c1-22(2)10-12-24(5)19-17-18(15-8-6-7-9-16(15)21-19)25(14-20-17)13-11-23(3)4/h6-9,14H,10-13H2,1-5H3. The summed E-state index contributed by atoms with van der Waals surface area (Å²) in [7, 11) is 10.5. The SMILES string of the molecule is CN(C)CCN(C)c1nc2ccccc2c2c1ncn2CCN(C)C. The first-order valence-electron chi connectivity index (χ1n) is 8.71. The smallest absolute Gasteiger partial charge is 0.157 e. The number of hydrogen-bond donors (Lipinski definition) is 0. The van der Waals surface area contributed by atoms with Crippen LogP contribution in [0.2, 0.25) is 0 Å². The van der Waals surface area contributed by atoms with Gasteiger partial charge < -0.3 is 19.3 Å². The second-order valence-corrected chi connectivity index (χ2v) is 7.12. The summed E-state index contributed by atoms with van der Waals surface area (Å²) in [5.74, 6) is 0.958. The van der Waals surface area contributed by atoms with Crippen molar-refractivity contribution in [1.29, 1.82) is 0 Å². The van der Waals surface area contributed by atoms with Crippen molar-refractivity contribution in [2.75, 3.05) is 59.8 Å². The van der Waals surface area contributed by atoms with Crippen molar-refractivity contribution in [1.82, 2.24) is 24.3 Å². The molecule has 0 aliphatic rings. The van der Waals surface area contributed by atoms with E-state index < -0.39 is 0 Å². The molecule has 3 aromatic rings. The van der Waals surface area contributed by atoms with E-state index in [1.807, 2.05) is 12.4 Å². The average Bonchev–Trinajstić information content (AvgIpc) is 3.01. The zero-order valence-corrected chi connectivity index (χ0v) is 15.9. The number of likely N-dealkylation sites (N-methyl/N-ethyl adjacent to an activating group) is 3. The molecule has 0 saturated heterocycles. The summed E-state index contributed by atoms with van der Waals surface area (Å²) < 4.78 is 2.25. The molecular weight excluding hydrogens is 312 g/mol. The number of benzene rings is 1. The Balaban J connectivity index is 2.10. The van der Waals surface area contributed by atoms with Gasteiger partial charge in [0.15, 0.2) is 5.82 Å². The van der Waals surface area contributed by atoms with Crippen LogP contribution in [-0.2, 0) is 6.54 Å². The third-order valence-corrected chi connectivity index (χ3v) is 4.47. The number of nitrogens with zero attached hydrogens (tertiary/aromatic N) is 6. The minimum Gasteiger partial charge on any atom is -0.357 e. The highest BCUT2D eigenvalue weighted by atomic mass is 15.2. The molecule has 134 valence electrons. The number of anilines is 1. The highest BCUT2D eigenvalue weighted by Crippen LogP contribution is 2.30. The number of pyridine rings is 1. The fraction of sp³-hybridized carbons (Fsp3) is 0.474. The summed E-state index contributed by atoms with van der Waals surface area (Å²) in [5.41, 5.74) is 3.19. The van der Waals surface area contributed by atoms with E-state index in [4.69, 9.17) is 9.97 Å². The maximum atomic E-state index is 4.91. The van der Waals surface area contributed by atoms with Crippen LogP contribution in [0.5, 0.6) is 0 Å². The molecule has 1 aromatic carbocycles. The van der Waals surface area contributed by atoms with Gasteiger partial charge in [-0.15, -0.1) is 0 Å². The molecule has 0 aliphatic carbocycles. The zero-order chi connectivity index (χ0) is 18.0. The van der Waals surface area contributed by atoms with E-state index in [9.17, 15) is 0 Å². The number of imidazole rings is 1. The molecular formula is C19H28N6. The molecule has 0 saturated carbocycles. The second-order valence-electron chi connectivity index (χ2n) is 7.12. The van der Waals surface area contributed by atoms with Crippen molar-refractivity contribution in [2.45, 2.75) is 6.54 Å². The molecule has 0 unspecified atom stereocenters. The topological polar surface area (TPSA) is 40.4 Å². The Kier molecular flexibility index (Phi) is 5.20. The maximum absolute atomic E-state index is 4.91. The molecule has 0 aliphatic heterocycles. The fourth-order valence-corrected chi connectivity index (χ4v) is 2.97. The lowest BCUT2D eigenvalue weighted by Crippen LogP contribution is -2.29. The van der Waals surface area contributed by atoms with Gasteiger partial charge in [0.05, 0.1) is 17.4 Å². The number of hydrogen-bond acceptors (Lipinski definition) is 5. The quantitative estimate of drug-likeness (QED) is 0.659. The van der Waals surface area contributed by atoms with Crippen molar-refractivity contribution in [3.05, 3.63) is 30.6 Å². The minimum absolute atomic E-state index is 0.915. The van der Waals surface area contributed by atoms with Gasteiger partial charge >= 0.3 is 0 Å². The van der Waals surface area contributed by atoms with E-state index in [2.05, 4.69) is 72.7 Å². The van der Waals surface area contributed by atoms with Crippen LogP contribution in [0.3, 0.4) is 0 Å². The first-order valence-corrected chi connectivity index (χ1v) is 8.71. The van der Waals surface area contributed by atoms with Crippen molar-refractivity contribution >= 4 is 27.8 Å². The molecule has 0 spiro atoms.